The van der Waals surface area contributed by atoms with Crippen LogP contribution in [0.2, 0.25) is 0 Å². The molecule has 0 saturated carbocycles. The first-order chi connectivity index (χ1) is 16.1. The largest absolute Gasteiger partial charge is 0.378 e. The predicted octanol–water partition coefficient (Wildman–Crippen LogP) is 1.76. The minimum atomic E-state index is -0.239. The molecule has 176 valence electrons. The second-order valence-electron chi connectivity index (χ2n) is 8.74. The molecule has 1 atom stereocenters. The van der Waals surface area contributed by atoms with Gasteiger partial charge in [0.2, 0.25) is 11.8 Å². The maximum Gasteiger partial charge on any atom is 0.237 e. The van der Waals surface area contributed by atoms with Gasteiger partial charge in [-0.3, -0.25) is 19.4 Å². The van der Waals surface area contributed by atoms with Gasteiger partial charge in [-0.1, -0.05) is 60.7 Å². The van der Waals surface area contributed by atoms with E-state index in [-0.39, 0.29) is 23.9 Å². The molecule has 2 aliphatic heterocycles. The molecule has 2 aromatic rings. The van der Waals surface area contributed by atoms with E-state index in [1.807, 2.05) is 72.5 Å². The Bertz CT molecular complexity index is 855. The van der Waals surface area contributed by atoms with E-state index in [2.05, 4.69) is 15.1 Å². The van der Waals surface area contributed by atoms with Crippen molar-refractivity contribution < 1.29 is 14.3 Å². The summed E-state index contributed by atoms with van der Waals surface area (Å²) in [7, 11) is 0. The van der Waals surface area contributed by atoms with Gasteiger partial charge >= 0.3 is 0 Å². The molecule has 2 amide bonds. The van der Waals surface area contributed by atoms with Crippen LogP contribution >= 0.6 is 0 Å². The van der Waals surface area contributed by atoms with Gasteiger partial charge < -0.3 is 15.0 Å². The second kappa shape index (κ2) is 11.4. The van der Waals surface area contributed by atoms with Crippen LogP contribution in [0.4, 0.5) is 0 Å². The van der Waals surface area contributed by atoms with Crippen LogP contribution in [0.1, 0.15) is 24.1 Å². The van der Waals surface area contributed by atoms with Crippen LogP contribution in [-0.2, 0) is 14.3 Å². The summed E-state index contributed by atoms with van der Waals surface area (Å²) in [5.74, 6) is 0.191. The lowest BCUT2D eigenvalue weighted by atomic mass is 9.98. The van der Waals surface area contributed by atoms with E-state index in [1.54, 1.807) is 0 Å². The van der Waals surface area contributed by atoms with Crippen molar-refractivity contribution in [2.24, 2.45) is 0 Å². The number of nitrogens with zero attached hydrogens (tertiary/aromatic N) is 3. The molecule has 4 rings (SSSR count). The van der Waals surface area contributed by atoms with Crippen molar-refractivity contribution in [1.82, 2.24) is 20.0 Å². The maximum atomic E-state index is 13.2. The molecule has 1 N–H and O–H groups in total. The minimum Gasteiger partial charge on any atom is -0.378 e. The van der Waals surface area contributed by atoms with Gasteiger partial charge in [-0.05, 0) is 18.1 Å². The van der Waals surface area contributed by atoms with E-state index in [0.717, 1.165) is 37.3 Å². The Labute approximate surface area is 196 Å². The van der Waals surface area contributed by atoms with Crippen LogP contribution in [0.15, 0.2) is 60.7 Å². The van der Waals surface area contributed by atoms with Crippen LogP contribution in [0.5, 0.6) is 0 Å². The Morgan fingerprint density at radius 2 is 1.39 bits per heavy atom. The first kappa shape index (κ1) is 23.4. The Balaban J connectivity index is 1.32. The number of carbonyl (C=O) groups is 2. The molecule has 2 aliphatic rings. The average molecular weight is 451 g/mol. The highest BCUT2D eigenvalue weighted by atomic mass is 16.5. The number of amides is 2. The van der Waals surface area contributed by atoms with E-state index < -0.39 is 0 Å². The first-order valence-electron chi connectivity index (χ1n) is 11.8. The lowest BCUT2D eigenvalue weighted by molar-refractivity contribution is -0.137. The van der Waals surface area contributed by atoms with E-state index in [0.29, 0.717) is 32.8 Å². The molecule has 0 radical (unpaired) electrons. The summed E-state index contributed by atoms with van der Waals surface area (Å²) in [6, 6.07) is 19.7. The van der Waals surface area contributed by atoms with Crippen molar-refractivity contribution in [2.75, 3.05) is 59.0 Å². The second-order valence-corrected chi connectivity index (χ2v) is 8.74. The van der Waals surface area contributed by atoms with Gasteiger partial charge in [-0.15, -0.1) is 0 Å². The van der Waals surface area contributed by atoms with Gasteiger partial charge in [0, 0.05) is 39.3 Å². The fourth-order valence-electron chi connectivity index (χ4n) is 4.49. The lowest BCUT2D eigenvalue weighted by Gasteiger charge is -2.38. The van der Waals surface area contributed by atoms with E-state index >= 15 is 0 Å². The highest BCUT2D eigenvalue weighted by Gasteiger charge is 2.29. The monoisotopic (exact) mass is 450 g/mol. The Kier molecular flexibility index (Phi) is 8.10. The summed E-state index contributed by atoms with van der Waals surface area (Å²) < 4.78 is 5.33. The van der Waals surface area contributed by atoms with E-state index in [9.17, 15) is 9.59 Å². The molecule has 0 spiro atoms. The summed E-state index contributed by atoms with van der Waals surface area (Å²) in [6.07, 6.45) is 0. The number of benzene rings is 2. The smallest absolute Gasteiger partial charge is 0.237 e. The van der Waals surface area contributed by atoms with Crippen LogP contribution < -0.4 is 5.32 Å². The van der Waals surface area contributed by atoms with Crippen LogP contribution in [0.25, 0.3) is 0 Å². The van der Waals surface area contributed by atoms with Gasteiger partial charge in [0.15, 0.2) is 0 Å². The fraction of sp³-hybridized carbons (Fsp3) is 0.462. The summed E-state index contributed by atoms with van der Waals surface area (Å²) in [4.78, 5) is 32.0. The van der Waals surface area contributed by atoms with Crippen molar-refractivity contribution in [1.29, 1.82) is 0 Å². The van der Waals surface area contributed by atoms with Crippen LogP contribution in [0, 0.1) is 0 Å². The fourth-order valence-corrected chi connectivity index (χ4v) is 4.49. The molecule has 2 aromatic carbocycles. The number of nitrogens with one attached hydrogen (secondary N) is 1. The number of carbonyl (C=O) groups excluding carboxylic acids is 2. The highest BCUT2D eigenvalue weighted by Crippen LogP contribution is 2.22. The summed E-state index contributed by atoms with van der Waals surface area (Å²) in [5, 5.41) is 3.27. The zero-order valence-corrected chi connectivity index (χ0v) is 19.4. The molecule has 2 saturated heterocycles. The zero-order valence-electron chi connectivity index (χ0n) is 19.4. The van der Waals surface area contributed by atoms with Crippen LogP contribution in [-0.4, -0.2) is 91.6 Å². The van der Waals surface area contributed by atoms with Crippen molar-refractivity contribution in [3.63, 3.8) is 0 Å². The number of ether oxygens (including phenoxy) is 1. The molecule has 2 heterocycles. The molecule has 33 heavy (non-hydrogen) atoms. The average Bonchev–Trinajstić information content (AvgIpc) is 2.88. The number of rotatable bonds is 7. The van der Waals surface area contributed by atoms with Gasteiger partial charge in [0.1, 0.15) is 0 Å². The first-order valence-corrected chi connectivity index (χ1v) is 11.8. The lowest BCUT2D eigenvalue weighted by Crippen LogP contribution is -2.56. The molecule has 7 heteroatoms. The maximum absolute atomic E-state index is 13.2. The molecule has 2 fully saturated rings. The highest BCUT2D eigenvalue weighted by molar-refractivity contribution is 5.82. The Hall–Kier alpha value is -2.74. The quantitative estimate of drug-likeness (QED) is 0.697. The topological polar surface area (TPSA) is 65.1 Å². The van der Waals surface area contributed by atoms with Crippen molar-refractivity contribution in [3.8, 4) is 0 Å². The SMILES string of the molecule is CC(C(=O)NC(c1ccccc1)c1ccccc1)N1CCN(CC(=O)N2CCOCC2)CC1. The van der Waals surface area contributed by atoms with Crippen molar-refractivity contribution >= 4 is 11.8 Å². The van der Waals surface area contributed by atoms with Gasteiger partial charge in [0.25, 0.3) is 0 Å². The summed E-state index contributed by atoms with van der Waals surface area (Å²) >= 11 is 0. The Morgan fingerprint density at radius 3 is 1.94 bits per heavy atom. The predicted molar refractivity (Wildman–Crippen MR) is 128 cm³/mol. The number of morpholine rings is 1. The molecule has 7 nitrogen and oxygen atoms in total. The van der Waals surface area contributed by atoms with Crippen molar-refractivity contribution in [3.05, 3.63) is 71.8 Å². The molecule has 0 aliphatic carbocycles. The number of piperazine rings is 1. The van der Waals surface area contributed by atoms with E-state index in [1.165, 1.54) is 0 Å². The molecule has 1 unspecified atom stereocenters. The normalized spacial score (nSPS) is 18.8. The summed E-state index contributed by atoms with van der Waals surface area (Å²) in [5.41, 5.74) is 2.13. The third kappa shape index (κ3) is 6.19. The summed E-state index contributed by atoms with van der Waals surface area (Å²) in [6.45, 7) is 8.13. The number of hydrogen-bond acceptors (Lipinski definition) is 5. The van der Waals surface area contributed by atoms with E-state index in [4.69, 9.17) is 4.74 Å². The third-order valence-electron chi connectivity index (χ3n) is 6.61. The molecule has 0 aromatic heterocycles. The molecular formula is C26H34N4O3. The van der Waals surface area contributed by atoms with Gasteiger partial charge in [-0.2, -0.15) is 0 Å². The van der Waals surface area contributed by atoms with Gasteiger partial charge in [0.05, 0.1) is 31.8 Å². The Morgan fingerprint density at radius 1 is 0.848 bits per heavy atom. The van der Waals surface area contributed by atoms with Crippen LogP contribution in [0.3, 0.4) is 0 Å². The third-order valence-corrected chi connectivity index (χ3v) is 6.61. The zero-order chi connectivity index (χ0) is 23.0. The van der Waals surface area contributed by atoms with Crippen molar-refractivity contribution in [2.45, 2.75) is 19.0 Å². The molecular weight excluding hydrogens is 416 g/mol. The molecule has 0 bridgehead atoms. The standard InChI is InChI=1S/C26H34N4O3/c1-21(29-14-12-28(13-15-29)20-24(31)30-16-18-33-19-17-30)26(32)27-25(22-8-4-2-5-9-22)23-10-6-3-7-11-23/h2-11,21,25H,12-20H2,1H3,(H,27,32). The minimum absolute atomic E-state index is 0.0190. The van der Waals surface area contributed by atoms with Gasteiger partial charge in [-0.25, -0.2) is 0 Å². The number of hydrogen-bond donors (Lipinski definition) is 1.